The van der Waals surface area contributed by atoms with E-state index in [1.54, 1.807) is 0 Å². The van der Waals surface area contributed by atoms with Gasteiger partial charge in [0.05, 0.1) is 11.1 Å². The lowest BCUT2D eigenvalue weighted by atomic mass is 10.2. The summed E-state index contributed by atoms with van der Waals surface area (Å²) in [5, 5.41) is 16.5. The maximum atomic E-state index is 11.3. The topological polar surface area (TPSA) is 114 Å². The molecule has 0 spiro atoms. The zero-order chi connectivity index (χ0) is 15.7. The lowest BCUT2D eigenvalue weighted by Gasteiger charge is -2.02. The standard InChI is InChI=1S/C13H16N4O4/c1-2-3-8-14-12(18)13(19)16-15-9-10-4-6-11(7-5-10)17(20)21/h4-7,9H,2-3,8H2,1H3,(H,14,18)(H,16,19)/b15-9-. The minimum absolute atomic E-state index is 0.0357. The van der Waals surface area contributed by atoms with Crippen LogP contribution in [0.5, 0.6) is 0 Å². The summed E-state index contributed by atoms with van der Waals surface area (Å²) in [4.78, 5) is 32.6. The van der Waals surface area contributed by atoms with Crippen molar-refractivity contribution in [2.45, 2.75) is 19.8 Å². The van der Waals surface area contributed by atoms with Crippen LogP contribution >= 0.6 is 0 Å². The molecule has 0 unspecified atom stereocenters. The highest BCUT2D eigenvalue weighted by Crippen LogP contribution is 2.10. The Hall–Kier alpha value is -2.77. The van der Waals surface area contributed by atoms with Crippen molar-refractivity contribution in [2.75, 3.05) is 6.54 Å². The Balaban J connectivity index is 2.44. The lowest BCUT2D eigenvalue weighted by molar-refractivity contribution is -0.384. The van der Waals surface area contributed by atoms with Crippen LogP contribution in [0.1, 0.15) is 25.3 Å². The molecule has 0 saturated carbocycles. The van der Waals surface area contributed by atoms with Crippen LogP contribution in [0.2, 0.25) is 0 Å². The van der Waals surface area contributed by atoms with E-state index in [0.29, 0.717) is 12.1 Å². The molecule has 1 aromatic carbocycles. The van der Waals surface area contributed by atoms with E-state index >= 15 is 0 Å². The summed E-state index contributed by atoms with van der Waals surface area (Å²) < 4.78 is 0. The molecule has 2 N–H and O–H groups in total. The number of hydrogen-bond acceptors (Lipinski definition) is 5. The van der Waals surface area contributed by atoms with Gasteiger partial charge >= 0.3 is 11.8 Å². The fraction of sp³-hybridized carbons (Fsp3) is 0.308. The number of nitrogens with zero attached hydrogens (tertiary/aromatic N) is 2. The van der Waals surface area contributed by atoms with Gasteiger partial charge in [-0.05, 0) is 24.1 Å². The molecular formula is C13H16N4O4. The first-order valence-corrected chi connectivity index (χ1v) is 6.40. The number of rotatable bonds is 6. The summed E-state index contributed by atoms with van der Waals surface area (Å²) in [6.45, 7) is 2.41. The zero-order valence-corrected chi connectivity index (χ0v) is 11.5. The third-order valence-corrected chi connectivity index (χ3v) is 2.51. The van der Waals surface area contributed by atoms with Crippen molar-refractivity contribution < 1.29 is 14.5 Å². The van der Waals surface area contributed by atoms with E-state index in [0.717, 1.165) is 12.8 Å². The van der Waals surface area contributed by atoms with Gasteiger partial charge in [0.2, 0.25) is 0 Å². The smallest absolute Gasteiger partial charge is 0.329 e. The largest absolute Gasteiger partial charge is 0.348 e. The van der Waals surface area contributed by atoms with Gasteiger partial charge in [0.1, 0.15) is 0 Å². The number of nitro groups is 1. The quantitative estimate of drug-likeness (QED) is 0.267. The summed E-state index contributed by atoms with van der Waals surface area (Å²) in [6, 6.07) is 5.60. The fourth-order valence-corrected chi connectivity index (χ4v) is 1.36. The molecule has 0 atom stereocenters. The second-order valence-electron chi connectivity index (χ2n) is 4.16. The van der Waals surface area contributed by atoms with Gasteiger partial charge in [-0.3, -0.25) is 19.7 Å². The second-order valence-corrected chi connectivity index (χ2v) is 4.16. The highest BCUT2D eigenvalue weighted by Gasteiger charge is 2.11. The van der Waals surface area contributed by atoms with Crippen LogP contribution in [0.4, 0.5) is 5.69 Å². The fourth-order valence-electron chi connectivity index (χ4n) is 1.36. The van der Waals surface area contributed by atoms with Crippen molar-refractivity contribution in [3.8, 4) is 0 Å². The molecule has 0 aliphatic rings. The summed E-state index contributed by atoms with van der Waals surface area (Å²) in [5.41, 5.74) is 2.61. The average Bonchev–Trinajstić information content (AvgIpc) is 2.47. The van der Waals surface area contributed by atoms with Crippen molar-refractivity contribution in [1.82, 2.24) is 10.7 Å². The van der Waals surface area contributed by atoms with Crippen molar-refractivity contribution in [2.24, 2.45) is 5.10 Å². The predicted octanol–water partition coefficient (Wildman–Crippen LogP) is 0.961. The summed E-state index contributed by atoms with van der Waals surface area (Å²) in [6.07, 6.45) is 3.01. The zero-order valence-electron chi connectivity index (χ0n) is 11.5. The number of unbranched alkanes of at least 4 members (excludes halogenated alkanes) is 1. The van der Waals surface area contributed by atoms with Crippen LogP contribution < -0.4 is 10.7 Å². The highest BCUT2D eigenvalue weighted by atomic mass is 16.6. The summed E-state index contributed by atoms with van der Waals surface area (Å²) >= 11 is 0. The number of carbonyl (C=O) groups is 2. The first-order valence-electron chi connectivity index (χ1n) is 6.40. The Morgan fingerprint density at radius 3 is 2.52 bits per heavy atom. The molecule has 0 aliphatic heterocycles. The molecule has 8 heteroatoms. The second kappa shape index (κ2) is 8.41. The number of carbonyl (C=O) groups excluding carboxylic acids is 2. The van der Waals surface area contributed by atoms with Crippen LogP contribution in [0.25, 0.3) is 0 Å². The number of nitro benzene ring substituents is 1. The first kappa shape index (κ1) is 16.3. The Labute approximate surface area is 121 Å². The maximum absolute atomic E-state index is 11.3. The molecule has 0 aliphatic carbocycles. The van der Waals surface area contributed by atoms with E-state index in [4.69, 9.17) is 0 Å². The van der Waals surface area contributed by atoms with Crippen LogP contribution in [0.15, 0.2) is 29.4 Å². The molecule has 2 amide bonds. The molecule has 112 valence electrons. The first-order chi connectivity index (χ1) is 10.0. The van der Waals surface area contributed by atoms with Gasteiger partial charge in [-0.25, -0.2) is 5.43 Å². The minimum atomic E-state index is -0.857. The predicted molar refractivity (Wildman–Crippen MR) is 76.8 cm³/mol. The van der Waals surface area contributed by atoms with E-state index in [1.165, 1.54) is 30.5 Å². The number of hydrogen-bond donors (Lipinski definition) is 2. The third-order valence-electron chi connectivity index (χ3n) is 2.51. The normalized spacial score (nSPS) is 10.3. The van der Waals surface area contributed by atoms with E-state index in [1.807, 2.05) is 6.92 Å². The lowest BCUT2D eigenvalue weighted by Crippen LogP contribution is -2.38. The summed E-state index contributed by atoms with van der Waals surface area (Å²) in [5.74, 6) is -1.60. The van der Waals surface area contributed by atoms with Gasteiger partial charge in [0.15, 0.2) is 0 Å². The number of benzene rings is 1. The van der Waals surface area contributed by atoms with Crippen LogP contribution in [0.3, 0.4) is 0 Å². The van der Waals surface area contributed by atoms with Gasteiger partial charge in [-0.15, -0.1) is 0 Å². The van der Waals surface area contributed by atoms with Crippen molar-refractivity contribution in [3.63, 3.8) is 0 Å². The van der Waals surface area contributed by atoms with Crippen LogP contribution in [-0.4, -0.2) is 29.5 Å². The van der Waals surface area contributed by atoms with Gasteiger partial charge in [-0.1, -0.05) is 13.3 Å². The maximum Gasteiger partial charge on any atom is 0.329 e. The Morgan fingerprint density at radius 1 is 1.29 bits per heavy atom. The third kappa shape index (κ3) is 5.81. The molecule has 1 rings (SSSR count). The SMILES string of the molecule is CCCCNC(=O)C(=O)N/N=C\c1ccc([N+](=O)[O-])cc1. The van der Waals surface area contributed by atoms with E-state index < -0.39 is 16.7 Å². The molecule has 0 fully saturated rings. The van der Waals surface area contributed by atoms with Crippen LogP contribution in [-0.2, 0) is 9.59 Å². The molecule has 1 aromatic rings. The molecule has 0 heterocycles. The van der Waals surface area contributed by atoms with Crippen molar-refractivity contribution >= 4 is 23.7 Å². The molecule has 0 saturated heterocycles. The van der Waals surface area contributed by atoms with Crippen LogP contribution in [0, 0.1) is 10.1 Å². The molecular weight excluding hydrogens is 276 g/mol. The Bertz CT molecular complexity index is 540. The number of non-ortho nitro benzene ring substituents is 1. The molecule has 21 heavy (non-hydrogen) atoms. The number of nitrogens with one attached hydrogen (secondary N) is 2. The van der Waals surface area contributed by atoms with E-state index in [2.05, 4.69) is 15.8 Å². The highest BCUT2D eigenvalue weighted by molar-refractivity contribution is 6.35. The molecule has 0 bridgehead atoms. The monoisotopic (exact) mass is 292 g/mol. The van der Waals surface area contributed by atoms with Gasteiger partial charge in [0.25, 0.3) is 5.69 Å². The summed E-state index contributed by atoms with van der Waals surface area (Å²) in [7, 11) is 0. The van der Waals surface area contributed by atoms with Gasteiger partial charge in [0, 0.05) is 18.7 Å². The number of amides is 2. The Kier molecular flexibility index (Phi) is 6.52. The van der Waals surface area contributed by atoms with E-state index in [9.17, 15) is 19.7 Å². The molecule has 0 aromatic heterocycles. The Morgan fingerprint density at radius 2 is 1.95 bits per heavy atom. The average molecular weight is 292 g/mol. The minimum Gasteiger partial charge on any atom is -0.348 e. The number of hydrazone groups is 1. The van der Waals surface area contributed by atoms with Crippen molar-refractivity contribution in [1.29, 1.82) is 0 Å². The molecule has 8 nitrogen and oxygen atoms in total. The van der Waals surface area contributed by atoms with Crippen molar-refractivity contribution in [3.05, 3.63) is 39.9 Å². The molecule has 0 radical (unpaired) electrons. The van der Waals surface area contributed by atoms with E-state index in [-0.39, 0.29) is 5.69 Å². The van der Waals surface area contributed by atoms with Gasteiger partial charge < -0.3 is 5.32 Å². The van der Waals surface area contributed by atoms with Gasteiger partial charge in [-0.2, -0.15) is 5.10 Å².